The average molecular weight is 154 g/mol. The third kappa shape index (κ3) is 444. The molecule has 2 heteroatoms. The largest absolute Gasteiger partial charge is 0.0969 e. The summed E-state index contributed by atoms with van der Waals surface area (Å²) in [7, 11) is 1.28. The maximum atomic E-state index is 2.19. The molecule has 8 heavy (non-hydrogen) atoms. The van der Waals surface area contributed by atoms with Crippen LogP contribution in [0.2, 0.25) is 0 Å². The van der Waals surface area contributed by atoms with E-state index in [1.54, 1.807) is 0 Å². The molecule has 0 aromatic heterocycles. The van der Waals surface area contributed by atoms with Gasteiger partial charge in [-0.05, 0) is 21.8 Å². The Morgan fingerprint density at radius 1 is 0.500 bits per heavy atom. The second-order valence-electron chi connectivity index (χ2n) is 2.45. The third-order valence-corrected chi connectivity index (χ3v) is 0. The second kappa shape index (κ2) is 7.70. The van der Waals surface area contributed by atoms with Crippen LogP contribution in [0.4, 0.5) is 0 Å². The quantitative estimate of drug-likeness (QED) is 0.457. The van der Waals surface area contributed by atoms with E-state index in [-0.39, 0.29) is 0 Å². The molecule has 0 bridgehead atoms. The van der Waals surface area contributed by atoms with Crippen LogP contribution in [-0.2, 0) is 21.8 Å². The highest BCUT2D eigenvalue weighted by Crippen LogP contribution is 1.64. The molecule has 0 spiro atoms. The summed E-state index contributed by atoms with van der Waals surface area (Å²) in [6, 6.07) is 0. The summed E-state index contributed by atoms with van der Waals surface area (Å²) < 4.78 is 0. The van der Waals surface area contributed by atoms with E-state index in [1.807, 2.05) is 0 Å². The first kappa shape index (κ1) is 11.5. The minimum absolute atomic E-state index is 0.639. The summed E-state index contributed by atoms with van der Waals surface area (Å²) in [5, 5.41) is 0. The summed E-state index contributed by atoms with van der Waals surface area (Å²) >= 11 is 0. The van der Waals surface area contributed by atoms with Crippen LogP contribution in [0.15, 0.2) is 0 Å². The van der Waals surface area contributed by atoms with Crippen molar-refractivity contribution in [2.45, 2.75) is 0 Å². The molecule has 0 aliphatic heterocycles. The molecular formula is C6H18S2+2. The zero-order chi connectivity index (χ0) is 7.15. The van der Waals surface area contributed by atoms with Crippen molar-refractivity contribution in [3.63, 3.8) is 0 Å². The standard InChI is InChI=1S/2C3H9S/c2*1-4(2)3/h2*1-3H3/q2*+1. The lowest BCUT2D eigenvalue weighted by molar-refractivity contribution is 2.18. The third-order valence-electron chi connectivity index (χ3n) is 0. The molecule has 0 N–H and O–H groups in total. The zero-order valence-corrected chi connectivity index (χ0v) is 8.45. The molecule has 0 aromatic carbocycles. The molecule has 0 aliphatic rings. The van der Waals surface area contributed by atoms with Gasteiger partial charge in [0.25, 0.3) is 0 Å². The maximum Gasteiger partial charge on any atom is 0.0969 e. The number of hydrogen-bond donors (Lipinski definition) is 0. The van der Waals surface area contributed by atoms with Crippen molar-refractivity contribution in [1.82, 2.24) is 0 Å². The van der Waals surface area contributed by atoms with Gasteiger partial charge in [0.15, 0.2) is 0 Å². The van der Waals surface area contributed by atoms with Crippen molar-refractivity contribution in [3.8, 4) is 0 Å². The first-order valence-electron chi connectivity index (χ1n) is 2.45. The lowest BCUT2D eigenvalue weighted by atomic mass is 11.9. The topological polar surface area (TPSA) is 0 Å². The average Bonchev–Trinajstić information content (AvgIpc) is 1.25. The summed E-state index contributed by atoms with van der Waals surface area (Å²) in [6.45, 7) is 0. The fourth-order valence-corrected chi connectivity index (χ4v) is 0. The van der Waals surface area contributed by atoms with Crippen molar-refractivity contribution in [2.75, 3.05) is 37.5 Å². The Bertz CT molecular complexity index is 22.0. The van der Waals surface area contributed by atoms with Crippen LogP contribution in [0.3, 0.4) is 0 Å². The monoisotopic (exact) mass is 154 g/mol. The Morgan fingerprint density at radius 3 is 0.500 bits per heavy atom. The van der Waals surface area contributed by atoms with E-state index in [2.05, 4.69) is 37.5 Å². The minimum atomic E-state index is 0.639. The van der Waals surface area contributed by atoms with Gasteiger partial charge in [0.1, 0.15) is 0 Å². The Morgan fingerprint density at radius 2 is 0.500 bits per heavy atom. The van der Waals surface area contributed by atoms with Crippen molar-refractivity contribution in [3.05, 3.63) is 0 Å². The van der Waals surface area contributed by atoms with Gasteiger partial charge in [0.2, 0.25) is 0 Å². The second-order valence-corrected chi connectivity index (χ2v) is 7.35. The maximum absolute atomic E-state index is 2.19. The van der Waals surface area contributed by atoms with Crippen LogP contribution < -0.4 is 0 Å². The van der Waals surface area contributed by atoms with Gasteiger partial charge in [-0.15, -0.1) is 0 Å². The Labute approximate surface area is 59.8 Å². The molecule has 52 valence electrons. The molecule has 0 saturated carbocycles. The molecule has 0 nitrogen and oxygen atoms in total. The Kier molecular flexibility index (Phi) is 11.1. The van der Waals surface area contributed by atoms with Gasteiger partial charge in [-0.2, -0.15) is 0 Å². The van der Waals surface area contributed by atoms with Gasteiger partial charge in [-0.1, -0.05) is 0 Å². The van der Waals surface area contributed by atoms with E-state index in [9.17, 15) is 0 Å². The predicted molar refractivity (Wildman–Crippen MR) is 50.3 cm³/mol. The molecule has 0 unspecified atom stereocenters. The van der Waals surface area contributed by atoms with E-state index in [4.69, 9.17) is 0 Å². The molecule has 0 amide bonds. The molecule has 0 saturated heterocycles. The van der Waals surface area contributed by atoms with Gasteiger partial charge in [0, 0.05) is 0 Å². The first-order chi connectivity index (χ1) is 3.46. The van der Waals surface area contributed by atoms with E-state index in [1.165, 1.54) is 0 Å². The lowest BCUT2D eigenvalue weighted by Crippen LogP contribution is -1.84. The lowest BCUT2D eigenvalue weighted by Gasteiger charge is -1.69. The van der Waals surface area contributed by atoms with Crippen LogP contribution >= 0.6 is 0 Å². The smallest absolute Gasteiger partial charge is 0.0219 e. The number of hydrogen-bond acceptors (Lipinski definition) is 0. The Hall–Kier alpha value is 0.700. The molecule has 0 fully saturated rings. The van der Waals surface area contributed by atoms with Gasteiger partial charge in [-0.3, -0.25) is 0 Å². The van der Waals surface area contributed by atoms with Gasteiger partial charge in [0.05, 0.1) is 37.5 Å². The van der Waals surface area contributed by atoms with Crippen LogP contribution in [0.25, 0.3) is 0 Å². The molecule has 0 heterocycles. The highest BCUT2D eigenvalue weighted by molar-refractivity contribution is 7.95. The van der Waals surface area contributed by atoms with Crippen molar-refractivity contribution in [1.29, 1.82) is 0 Å². The first-order valence-corrected chi connectivity index (χ1v) is 7.35. The molecule has 0 rings (SSSR count). The molecule has 0 aromatic rings. The molecule has 0 radical (unpaired) electrons. The van der Waals surface area contributed by atoms with Crippen LogP contribution in [-0.4, -0.2) is 37.5 Å². The van der Waals surface area contributed by atoms with Crippen molar-refractivity contribution < 1.29 is 0 Å². The van der Waals surface area contributed by atoms with Gasteiger partial charge in [-0.25, -0.2) is 0 Å². The van der Waals surface area contributed by atoms with Crippen molar-refractivity contribution >= 4 is 21.8 Å². The normalized spacial score (nSPS) is 9.00. The van der Waals surface area contributed by atoms with Gasteiger partial charge >= 0.3 is 0 Å². The SMILES string of the molecule is C[S+](C)C.C[S+](C)C. The molecule has 0 atom stereocenters. The van der Waals surface area contributed by atoms with Gasteiger partial charge < -0.3 is 0 Å². The minimum Gasteiger partial charge on any atom is -0.0219 e. The molecular weight excluding hydrogens is 136 g/mol. The highest BCUT2D eigenvalue weighted by Gasteiger charge is 1.78. The summed E-state index contributed by atoms with van der Waals surface area (Å²) in [6.07, 6.45) is 13.2. The van der Waals surface area contributed by atoms with E-state index in [0.717, 1.165) is 0 Å². The predicted octanol–water partition coefficient (Wildman–Crippen LogP) is 0.988. The van der Waals surface area contributed by atoms with E-state index >= 15 is 0 Å². The summed E-state index contributed by atoms with van der Waals surface area (Å²) in [5.41, 5.74) is 0. The van der Waals surface area contributed by atoms with E-state index in [0.29, 0.717) is 21.8 Å². The molecule has 0 aliphatic carbocycles. The summed E-state index contributed by atoms with van der Waals surface area (Å²) in [5.74, 6) is 0. The highest BCUT2D eigenvalue weighted by atomic mass is 32.2. The van der Waals surface area contributed by atoms with Crippen LogP contribution in [0.5, 0.6) is 0 Å². The number of rotatable bonds is 0. The van der Waals surface area contributed by atoms with Crippen molar-refractivity contribution in [2.24, 2.45) is 0 Å². The van der Waals surface area contributed by atoms with Crippen LogP contribution in [0.1, 0.15) is 0 Å². The Balaban J connectivity index is 0. The van der Waals surface area contributed by atoms with Crippen LogP contribution in [0, 0.1) is 0 Å². The zero-order valence-electron chi connectivity index (χ0n) is 6.82. The fourth-order valence-electron chi connectivity index (χ4n) is 0. The summed E-state index contributed by atoms with van der Waals surface area (Å²) in [4.78, 5) is 0. The fraction of sp³-hybridized carbons (Fsp3) is 1.00. The van der Waals surface area contributed by atoms with E-state index < -0.39 is 0 Å².